The number of methoxy groups -OCH3 is 1. The lowest BCUT2D eigenvalue weighted by molar-refractivity contribution is 0.311. The number of rotatable bonds is 6. The number of hydrogen-bond donors (Lipinski definition) is 1. The van der Waals surface area contributed by atoms with Crippen molar-refractivity contribution in [2.45, 2.75) is 6.92 Å². The fourth-order valence-electron chi connectivity index (χ4n) is 2.06. The first-order valence-electron chi connectivity index (χ1n) is 7.60. The second-order valence-electron chi connectivity index (χ2n) is 5.22. The van der Waals surface area contributed by atoms with Crippen LogP contribution in [0.25, 0.3) is 11.6 Å². The molecule has 1 heterocycles. The summed E-state index contributed by atoms with van der Waals surface area (Å²) in [6.45, 7) is 2.43. The van der Waals surface area contributed by atoms with E-state index >= 15 is 0 Å². The molecule has 130 valence electrons. The van der Waals surface area contributed by atoms with Crippen LogP contribution in [0.4, 0.5) is 11.9 Å². The Morgan fingerprint density at radius 3 is 2.64 bits per heavy atom. The molecule has 2 rings (SSSR count). The predicted molar refractivity (Wildman–Crippen MR) is 96.2 cm³/mol. The molecule has 8 nitrogen and oxygen atoms in total. The van der Waals surface area contributed by atoms with Crippen molar-refractivity contribution in [1.82, 2.24) is 15.0 Å². The number of aromatic nitrogens is 3. The van der Waals surface area contributed by atoms with E-state index in [1.54, 1.807) is 44.3 Å². The normalized spacial score (nSPS) is 10.9. The zero-order valence-corrected chi connectivity index (χ0v) is 14.6. The fraction of sp³-hybridized carbons (Fsp3) is 0.294. The molecule has 0 amide bonds. The molecule has 0 spiro atoms. The summed E-state index contributed by atoms with van der Waals surface area (Å²) < 4.78 is 10.8. The summed E-state index contributed by atoms with van der Waals surface area (Å²) in [5.74, 6) is 1.87. The highest BCUT2D eigenvalue weighted by Crippen LogP contribution is 2.29. The first kappa shape index (κ1) is 18.0. The quantitative estimate of drug-likeness (QED) is 0.795. The summed E-state index contributed by atoms with van der Waals surface area (Å²) in [5, 5.41) is 9.50. The number of allylic oxidation sites excluding steroid dienone is 1. The Kier molecular flexibility index (Phi) is 5.74. The first-order valence-corrected chi connectivity index (χ1v) is 7.60. The summed E-state index contributed by atoms with van der Waals surface area (Å²) in [6, 6.07) is 7.49. The Morgan fingerprint density at radius 2 is 2.04 bits per heavy atom. The number of anilines is 2. The van der Waals surface area contributed by atoms with Gasteiger partial charge in [-0.25, -0.2) is 0 Å². The van der Waals surface area contributed by atoms with E-state index in [0.717, 1.165) is 5.56 Å². The van der Waals surface area contributed by atoms with Crippen molar-refractivity contribution in [3.63, 3.8) is 0 Å². The maximum Gasteiger partial charge on any atom is 0.230 e. The van der Waals surface area contributed by atoms with Crippen molar-refractivity contribution in [3.8, 4) is 17.6 Å². The molecule has 2 N–H and O–H groups in total. The summed E-state index contributed by atoms with van der Waals surface area (Å²) in [7, 11) is 5.13. The third kappa shape index (κ3) is 4.35. The maximum absolute atomic E-state index is 9.50. The molecule has 0 saturated carbocycles. The van der Waals surface area contributed by atoms with Gasteiger partial charge in [-0.15, -0.1) is 0 Å². The van der Waals surface area contributed by atoms with Crippen LogP contribution in [0.3, 0.4) is 0 Å². The number of ether oxygens (including phenoxy) is 2. The van der Waals surface area contributed by atoms with Gasteiger partial charge in [0.2, 0.25) is 11.9 Å². The van der Waals surface area contributed by atoms with Crippen molar-refractivity contribution >= 4 is 23.5 Å². The largest absolute Gasteiger partial charge is 0.493 e. The molecule has 1 aromatic carbocycles. The van der Waals surface area contributed by atoms with Gasteiger partial charge in [0.15, 0.2) is 17.3 Å². The smallest absolute Gasteiger partial charge is 0.230 e. The van der Waals surface area contributed by atoms with Crippen molar-refractivity contribution in [1.29, 1.82) is 5.26 Å². The van der Waals surface area contributed by atoms with Gasteiger partial charge in [-0.05, 0) is 30.7 Å². The minimum Gasteiger partial charge on any atom is -0.493 e. The number of nitrogens with two attached hydrogens (primary N) is 1. The van der Waals surface area contributed by atoms with Crippen LogP contribution in [0.2, 0.25) is 0 Å². The van der Waals surface area contributed by atoms with Crippen LogP contribution in [-0.4, -0.2) is 42.8 Å². The van der Waals surface area contributed by atoms with E-state index in [4.69, 9.17) is 15.2 Å². The highest BCUT2D eigenvalue weighted by Gasteiger charge is 2.12. The zero-order chi connectivity index (χ0) is 18.4. The molecule has 0 atom stereocenters. The van der Waals surface area contributed by atoms with Crippen LogP contribution in [-0.2, 0) is 0 Å². The molecule has 0 aliphatic heterocycles. The molecule has 0 saturated heterocycles. The van der Waals surface area contributed by atoms with Gasteiger partial charge < -0.3 is 20.1 Å². The average Bonchev–Trinajstić information content (AvgIpc) is 2.60. The summed E-state index contributed by atoms with van der Waals surface area (Å²) >= 11 is 0. The Morgan fingerprint density at radius 1 is 1.28 bits per heavy atom. The van der Waals surface area contributed by atoms with Crippen molar-refractivity contribution in [2.75, 3.05) is 38.4 Å². The molecule has 25 heavy (non-hydrogen) atoms. The topological polar surface area (TPSA) is 110 Å². The maximum atomic E-state index is 9.50. The molecule has 0 radical (unpaired) electrons. The Hall–Kier alpha value is -3.34. The molecule has 0 fully saturated rings. The number of hydrogen-bond acceptors (Lipinski definition) is 8. The predicted octanol–water partition coefficient (Wildman–Crippen LogP) is 1.99. The van der Waals surface area contributed by atoms with E-state index in [1.807, 2.05) is 13.0 Å². The van der Waals surface area contributed by atoms with Gasteiger partial charge in [0.25, 0.3) is 0 Å². The van der Waals surface area contributed by atoms with Crippen LogP contribution >= 0.6 is 0 Å². The van der Waals surface area contributed by atoms with Crippen LogP contribution < -0.4 is 20.1 Å². The Balaban J connectivity index is 2.46. The number of benzene rings is 1. The number of nitrogen functional groups attached to an aromatic ring is 1. The van der Waals surface area contributed by atoms with Gasteiger partial charge >= 0.3 is 0 Å². The van der Waals surface area contributed by atoms with E-state index < -0.39 is 0 Å². The number of nitriles is 1. The Bertz CT molecular complexity index is 826. The highest BCUT2D eigenvalue weighted by molar-refractivity contribution is 5.87. The SMILES string of the molecule is CCOc1ccc(/C=C(\C#N)c2nc(N)nc(N(C)C)n2)cc1OC. The molecule has 0 bridgehead atoms. The number of nitrogens with zero attached hydrogens (tertiary/aromatic N) is 5. The minimum absolute atomic E-state index is 0.0547. The van der Waals surface area contributed by atoms with E-state index in [-0.39, 0.29) is 17.3 Å². The molecule has 1 aromatic heterocycles. The third-order valence-corrected chi connectivity index (χ3v) is 3.20. The molecule has 0 unspecified atom stereocenters. The van der Waals surface area contributed by atoms with Gasteiger partial charge in [-0.2, -0.15) is 20.2 Å². The second-order valence-corrected chi connectivity index (χ2v) is 5.22. The molecule has 2 aromatic rings. The van der Waals surface area contributed by atoms with Crippen molar-refractivity contribution < 1.29 is 9.47 Å². The van der Waals surface area contributed by atoms with Gasteiger partial charge in [0.05, 0.1) is 19.3 Å². The minimum atomic E-state index is 0.0547. The second kappa shape index (κ2) is 7.97. The zero-order valence-electron chi connectivity index (χ0n) is 14.6. The van der Waals surface area contributed by atoms with Crippen LogP contribution in [0, 0.1) is 11.3 Å². The van der Waals surface area contributed by atoms with Gasteiger partial charge in [0, 0.05) is 14.1 Å². The van der Waals surface area contributed by atoms with Crippen LogP contribution in [0.5, 0.6) is 11.5 Å². The summed E-state index contributed by atoms with van der Waals surface area (Å²) in [4.78, 5) is 14.0. The van der Waals surface area contributed by atoms with Crippen molar-refractivity contribution in [3.05, 3.63) is 29.6 Å². The third-order valence-electron chi connectivity index (χ3n) is 3.20. The average molecular weight is 340 g/mol. The highest BCUT2D eigenvalue weighted by atomic mass is 16.5. The molecule has 0 aliphatic carbocycles. The van der Waals surface area contributed by atoms with Crippen molar-refractivity contribution in [2.24, 2.45) is 0 Å². The van der Waals surface area contributed by atoms with Crippen LogP contribution in [0.1, 0.15) is 18.3 Å². The van der Waals surface area contributed by atoms with Crippen LogP contribution in [0.15, 0.2) is 18.2 Å². The standard InChI is InChI=1S/C17H20N6O2/c1-5-25-13-7-6-11(9-14(13)24-4)8-12(10-18)15-20-16(19)22-17(21-15)23(2)3/h6-9H,5H2,1-4H3,(H2,19,20,21,22)/b12-8+. The lowest BCUT2D eigenvalue weighted by atomic mass is 10.1. The monoisotopic (exact) mass is 340 g/mol. The molecule has 0 aliphatic rings. The molecular formula is C17H20N6O2. The fourth-order valence-corrected chi connectivity index (χ4v) is 2.06. The van der Waals surface area contributed by atoms with E-state index in [9.17, 15) is 5.26 Å². The van der Waals surface area contributed by atoms with Gasteiger partial charge in [0.1, 0.15) is 6.07 Å². The molecular weight excluding hydrogens is 320 g/mol. The Labute approximate surface area is 146 Å². The lowest BCUT2D eigenvalue weighted by Crippen LogP contribution is -2.15. The van der Waals surface area contributed by atoms with Gasteiger partial charge in [-0.1, -0.05) is 6.07 Å². The first-order chi connectivity index (χ1) is 12.0. The van der Waals surface area contributed by atoms with E-state index in [0.29, 0.717) is 24.1 Å². The summed E-state index contributed by atoms with van der Waals surface area (Å²) in [6.07, 6.45) is 1.66. The summed E-state index contributed by atoms with van der Waals surface area (Å²) in [5.41, 5.74) is 6.74. The van der Waals surface area contributed by atoms with E-state index in [1.165, 1.54) is 0 Å². The molecule has 8 heteroatoms. The van der Waals surface area contributed by atoms with Gasteiger partial charge in [-0.3, -0.25) is 0 Å². The van der Waals surface area contributed by atoms with E-state index in [2.05, 4.69) is 21.0 Å². The lowest BCUT2D eigenvalue weighted by Gasteiger charge is -2.11.